The number of hydrogen-bond acceptors (Lipinski definition) is 4. The first-order chi connectivity index (χ1) is 11.5. The number of nitrogens with zero attached hydrogens (tertiary/aromatic N) is 2. The zero-order valence-electron chi connectivity index (χ0n) is 15.2. The summed E-state index contributed by atoms with van der Waals surface area (Å²) in [6.45, 7) is 6.77. The van der Waals surface area contributed by atoms with E-state index in [1.54, 1.807) is 0 Å². The quantitative estimate of drug-likeness (QED) is 0.540. The van der Waals surface area contributed by atoms with Crippen molar-refractivity contribution >= 4 is 18.2 Å². The molecule has 1 aromatic carbocycles. The molecule has 0 bridgehead atoms. The Morgan fingerprint density at radius 2 is 1.67 bits per heavy atom. The zero-order chi connectivity index (χ0) is 18.5. The fourth-order valence-corrected chi connectivity index (χ4v) is 2.24. The van der Waals surface area contributed by atoms with Crippen molar-refractivity contribution in [3.05, 3.63) is 35.9 Å². The largest absolute Gasteiger partial charge is 0.281 e. The number of hydroxylamine groups is 2. The summed E-state index contributed by atoms with van der Waals surface area (Å²) in [7, 11) is 1.38. The highest BCUT2D eigenvalue weighted by Crippen LogP contribution is 2.11. The summed E-state index contributed by atoms with van der Waals surface area (Å²) < 4.78 is 0. The Hall–Kier alpha value is -2.21. The lowest BCUT2D eigenvalue weighted by molar-refractivity contribution is -0.178. The molecule has 24 heavy (non-hydrogen) atoms. The molecule has 0 radical (unpaired) electrons. The van der Waals surface area contributed by atoms with Gasteiger partial charge in [-0.2, -0.15) is 0 Å². The van der Waals surface area contributed by atoms with Crippen LogP contribution in [0, 0.1) is 0 Å². The molecule has 0 N–H and O–H groups in total. The van der Waals surface area contributed by atoms with Crippen molar-refractivity contribution in [2.45, 2.75) is 46.6 Å². The Balaban J connectivity index is 0.00000254. The van der Waals surface area contributed by atoms with Gasteiger partial charge in [-0.3, -0.25) is 24.1 Å². The lowest BCUT2D eigenvalue weighted by Gasteiger charge is -2.30. The molecule has 134 valence electrons. The number of amides is 3. The van der Waals surface area contributed by atoms with E-state index in [4.69, 9.17) is 4.84 Å². The average Bonchev–Trinajstić information content (AvgIpc) is 2.59. The first-order valence-corrected chi connectivity index (χ1v) is 8.10. The fourth-order valence-electron chi connectivity index (χ4n) is 2.24. The number of aryl methyl sites for hydroxylation is 1. The SMILES string of the molecule is CC.CON(C=O)C(CCc1ccccc1)CN(C(C)=O)C(C)=O. The Kier molecular flexibility index (Phi) is 11.1. The van der Waals surface area contributed by atoms with Crippen LogP contribution in [0.2, 0.25) is 0 Å². The first-order valence-electron chi connectivity index (χ1n) is 8.10. The molecule has 0 aliphatic carbocycles. The summed E-state index contributed by atoms with van der Waals surface area (Å²) in [5.74, 6) is -0.696. The van der Waals surface area contributed by atoms with Crippen LogP contribution in [0.4, 0.5) is 0 Å². The molecule has 0 saturated carbocycles. The molecular weight excluding hydrogens is 308 g/mol. The molecule has 1 atom stereocenters. The molecule has 6 heteroatoms. The van der Waals surface area contributed by atoms with Gasteiger partial charge in [0.05, 0.1) is 19.7 Å². The normalized spacial score (nSPS) is 10.9. The molecule has 0 spiro atoms. The molecule has 0 aromatic heterocycles. The second-order valence-corrected chi connectivity index (χ2v) is 4.97. The lowest BCUT2D eigenvalue weighted by atomic mass is 10.0. The smallest absolute Gasteiger partial charge is 0.233 e. The van der Waals surface area contributed by atoms with E-state index in [9.17, 15) is 14.4 Å². The van der Waals surface area contributed by atoms with Gasteiger partial charge in [-0.1, -0.05) is 44.2 Å². The van der Waals surface area contributed by atoms with Crippen molar-refractivity contribution in [2.75, 3.05) is 13.7 Å². The fraction of sp³-hybridized carbons (Fsp3) is 0.500. The van der Waals surface area contributed by atoms with Gasteiger partial charge in [-0.25, -0.2) is 5.06 Å². The highest BCUT2D eigenvalue weighted by Gasteiger charge is 2.24. The van der Waals surface area contributed by atoms with Gasteiger partial charge in [0.1, 0.15) is 0 Å². The van der Waals surface area contributed by atoms with Crippen LogP contribution < -0.4 is 0 Å². The van der Waals surface area contributed by atoms with Gasteiger partial charge in [0.2, 0.25) is 18.2 Å². The molecule has 0 fully saturated rings. The second-order valence-electron chi connectivity index (χ2n) is 4.97. The molecule has 0 aliphatic heterocycles. The monoisotopic (exact) mass is 336 g/mol. The predicted molar refractivity (Wildman–Crippen MR) is 92.9 cm³/mol. The summed E-state index contributed by atoms with van der Waals surface area (Å²) in [5.41, 5.74) is 1.12. The van der Waals surface area contributed by atoms with Gasteiger partial charge in [-0.05, 0) is 18.4 Å². The van der Waals surface area contributed by atoms with Crippen LogP contribution in [0.25, 0.3) is 0 Å². The number of hydrogen-bond donors (Lipinski definition) is 0. The third kappa shape index (κ3) is 7.37. The lowest BCUT2D eigenvalue weighted by Crippen LogP contribution is -2.46. The summed E-state index contributed by atoms with van der Waals surface area (Å²) in [6.07, 6.45) is 1.85. The van der Waals surface area contributed by atoms with Crippen LogP contribution in [0.15, 0.2) is 30.3 Å². The van der Waals surface area contributed by atoms with Gasteiger partial charge >= 0.3 is 0 Å². The van der Waals surface area contributed by atoms with Gasteiger partial charge in [0.15, 0.2) is 0 Å². The minimum absolute atomic E-state index is 0.115. The topological polar surface area (TPSA) is 66.9 Å². The minimum Gasteiger partial charge on any atom is -0.281 e. The maximum atomic E-state index is 11.6. The number of benzene rings is 1. The third-order valence-electron chi connectivity index (χ3n) is 3.44. The van der Waals surface area contributed by atoms with Gasteiger partial charge in [-0.15, -0.1) is 0 Å². The van der Waals surface area contributed by atoms with E-state index in [1.807, 2.05) is 44.2 Å². The first kappa shape index (κ1) is 21.8. The number of carbonyl (C=O) groups is 3. The van der Waals surface area contributed by atoms with Crippen molar-refractivity contribution in [1.29, 1.82) is 0 Å². The van der Waals surface area contributed by atoms with E-state index in [2.05, 4.69) is 0 Å². The van der Waals surface area contributed by atoms with E-state index >= 15 is 0 Å². The van der Waals surface area contributed by atoms with Gasteiger partial charge in [0.25, 0.3) is 0 Å². The Bertz CT molecular complexity index is 491. The highest BCUT2D eigenvalue weighted by molar-refractivity contribution is 5.92. The van der Waals surface area contributed by atoms with E-state index in [1.165, 1.54) is 21.0 Å². The standard InChI is InChI=1S/C16H22N2O4.C2H6/c1-13(20)17(14(2)21)11-16(18(12-19)22-3)10-9-15-7-5-4-6-8-15;1-2/h4-8,12,16H,9-11H2,1-3H3;1-2H3. The van der Waals surface area contributed by atoms with Gasteiger partial charge in [0, 0.05) is 13.8 Å². The summed E-state index contributed by atoms with van der Waals surface area (Å²) >= 11 is 0. The van der Waals surface area contributed by atoms with Crippen molar-refractivity contribution in [1.82, 2.24) is 9.96 Å². The molecule has 3 amide bonds. The minimum atomic E-state index is -0.393. The van der Waals surface area contributed by atoms with Crippen LogP contribution in [0.5, 0.6) is 0 Å². The van der Waals surface area contributed by atoms with Crippen LogP contribution in [-0.4, -0.2) is 47.9 Å². The molecule has 0 heterocycles. The van der Waals surface area contributed by atoms with Crippen LogP contribution in [-0.2, 0) is 25.6 Å². The van der Waals surface area contributed by atoms with E-state index < -0.39 is 6.04 Å². The van der Waals surface area contributed by atoms with Gasteiger partial charge < -0.3 is 0 Å². The summed E-state index contributed by atoms with van der Waals surface area (Å²) in [6, 6.07) is 9.40. The van der Waals surface area contributed by atoms with Crippen molar-refractivity contribution in [3.63, 3.8) is 0 Å². The van der Waals surface area contributed by atoms with Crippen molar-refractivity contribution < 1.29 is 19.2 Å². The number of imide groups is 1. The highest BCUT2D eigenvalue weighted by atomic mass is 16.7. The zero-order valence-corrected chi connectivity index (χ0v) is 15.2. The van der Waals surface area contributed by atoms with E-state index in [-0.39, 0.29) is 18.4 Å². The number of rotatable bonds is 8. The average molecular weight is 336 g/mol. The Labute approximate surface area is 144 Å². The molecule has 1 aromatic rings. The van der Waals surface area contributed by atoms with Crippen molar-refractivity contribution in [3.8, 4) is 0 Å². The Morgan fingerprint density at radius 3 is 2.08 bits per heavy atom. The van der Waals surface area contributed by atoms with E-state index in [0.29, 0.717) is 19.3 Å². The third-order valence-corrected chi connectivity index (χ3v) is 3.44. The second kappa shape index (κ2) is 12.2. The summed E-state index contributed by atoms with van der Waals surface area (Å²) in [4.78, 5) is 40.4. The predicted octanol–water partition coefficient (Wildman–Crippen LogP) is 2.43. The van der Waals surface area contributed by atoms with Crippen LogP contribution in [0.3, 0.4) is 0 Å². The molecule has 6 nitrogen and oxygen atoms in total. The van der Waals surface area contributed by atoms with Crippen LogP contribution >= 0.6 is 0 Å². The van der Waals surface area contributed by atoms with E-state index in [0.717, 1.165) is 15.5 Å². The molecular formula is C18H28N2O4. The molecule has 0 saturated heterocycles. The van der Waals surface area contributed by atoms with Crippen LogP contribution in [0.1, 0.15) is 39.7 Å². The molecule has 0 aliphatic rings. The molecule has 1 unspecified atom stereocenters. The summed E-state index contributed by atoms with van der Waals surface area (Å²) in [5, 5.41) is 1.14. The maximum absolute atomic E-state index is 11.6. The Morgan fingerprint density at radius 1 is 1.12 bits per heavy atom. The molecule has 1 rings (SSSR count). The number of carbonyl (C=O) groups excluding carboxylic acids is 3. The van der Waals surface area contributed by atoms with Crippen molar-refractivity contribution in [2.24, 2.45) is 0 Å². The maximum Gasteiger partial charge on any atom is 0.233 e.